The molecule has 0 aliphatic heterocycles. The molecule has 0 radical (unpaired) electrons. The quantitative estimate of drug-likeness (QED) is 0.823. The largest absolute Gasteiger partial charge is 0.497 e. The fourth-order valence-electron chi connectivity index (χ4n) is 1.93. The van der Waals surface area contributed by atoms with Gasteiger partial charge in [-0.05, 0) is 29.8 Å². The van der Waals surface area contributed by atoms with Crippen molar-refractivity contribution in [3.05, 3.63) is 66.2 Å². The summed E-state index contributed by atoms with van der Waals surface area (Å²) in [4.78, 5) is 0.254. The Bertz CT molecular complexity index is 722. The van der Waals surface area contributed by atoms with Gasteiger partial charge < -0.3 is 4.74 Å². The van der Waals surface area contributed by atoms with Crippen molar-refractivity contribution < 1.29 is 13.2 Å². The average molecular weight is 317 g/mol. The number of sulfonamides is 1. The van der Waals surface area contributed by atoms with E-state index in [0.29, 0.717) is 12.3 Å². The first-order valence-corrected chi connectivity index (χ1v) is 8.30. The molecule has 0 spiro atoms. The highest BCUT2D eigenvalue weighted by molar-refractivity contribution is 7.89. The third kappa shape index (κ3) is 3.96. The van der Waals surface area contributed by atoms with Gasteiger partial charge in [-0.25, -0.2) is 8.42 Å². The Morgan fingerprint density at radius 3 is 2.27 bits per heavy atom. The van der Waals surface area contributed by atoms with Crippen molar-refractivity contribution in [2.24, 2.45) is 0 Å². The van der Waals surface area contributed by atoms with Crippen molar-refractivity contribution in [1.82, 2.24) is 4.31 Å². The summed E-state index contributed by atoms with van der Waals surface area (Å²) in [6.07, 6.45) is 3.73. The van der Waals surface area contributed by atoms with Crippen LogP contribution in [0.4, 0.5) is 0 Å². The van der Waals surface area contributed by atoms with Gasteiger partial charge in [-0.15, -0.1) is 0 Å². The third-order valence-electron chi connectivity index (χ3n) is 3.24. The van der Waals surface area contributed by atoms with Gasteiger partial charge in [-0.2, -0.15) is 4.31 Å². The van der Waals surface area contributed by atoms with E-state index in [-0.39, 0.29) is 4.90 Å². The Morgan fingerprint density at radius 2 is 1.68 bits per heavy atom. The maximum atomic E-state index is 12.4. The molecule has 4 nitrogen and oxygen atoms in total. The molecule has 0 saturated heterocycles. The summed E-state index contributed by atoms with van der Waals surface area (Å²) in [6.45, 7) is 0.309. The second-order valence-electron chi connectivity index (χ2n) is 4.77. The van der Waals surface area contributed by atoms with Crippen molar-refractivity contribution in [3.8, 4) is 5.75 Å². The number of likely N-dealkylation sites (N-methyl/N-ethyl adjacent to an activating group) is 1. The van der Waals surface area contributed by atoms with Crippen LogP contribution < -0.4 is 4.74 Å². The van der Waals surface area contributed by atoms with Gasteiger partial charge in [0.05, 0.1) is 12.0 Å². The average Bonchev–Trinajstić information content (AvgIpc) is 2.55. The van der Waals surface area contributed by atoms with Gasteiger partial charge >= 0.3 is 0 Å². The first-order chi connectivity index (χ1) is 10.5. The van der Waals surface area contributed by atoms with E-state index in [4.69, 9.17) is 4.74 Å². The van der Waals surface area contributed by atoms with Gasteiger partial charge in [0.2, 0.25) is 10.0 Å². The summed E-state index contributed by atoms with van der Waals surface area (Å²) in [5.41, 5.74) is 1.04. The lowest BCUT2D eigenvalue weighted by atomic mass is 10.2. The highest BCUT2D eigenvalue weighted by atomic mass is 32.2. The zero-order chi connectivity index (χ0) is 16.0. The Labute approximate surface area is 131 Å². The smallest absolute Gasteiger partial charge is 0.243 e. The van der Waals surface area contributed by atoms with E-state index >= 15 is 0 Å². The van der Waals surface area contributed by atoms with Crippen molar-refractivity contribution >= 4 is 16.1 Å². The van der Waals surface area contributed by atoms with Crippen LogP contribution >= 0.6 is 0 Å². The lowest BCUT2D eigenvalue weighted by molar-refractivity contribution is 0.414. The monoisotopic (exact) mass is 317 g/mol. The summed E-state index contributed by atoms with van der Waals surface area (Å²) in [7, 11) is -0.382. The zero-order valence-electron chi connectivity index (χ0n) is 12.6. The molecule has 0 fully saturated rings. The first-order valence-electron chi connectivity index (χ1n) is 6.86. The van der Waals surface area contributed by atoms with Crippen LogP contribution in [-0.4, -0.2) is 33.4 Å². The number of hydrogen-bond donors (Lipinski definition) is 0. The lowest BCUT2D eigenvalue weighted by Gasteiger charge is -2.15. The van der Waals surface area contributed by atoms with Crippen LogP contribution in [0, 0.1) is 0 Å². The maximum Gasteiger partial charge on any atom is 0.243 e. The van der Waals surface area contributed by atoms with Crippen molar-refractivity contribution in [1.29, 1.82) is 0 Å². The second kappa shape index (κ2) is 7.24. The van der Waals surface area contributed by atoms with Crippen LogP contribution in [0.25, 0.3) is 6.08 Å². The molecule has 0 amide bonds. The molecule has 0 N–H and O–H groups in total. The lowest BCUT2D eigenvalue weighted by Crippen LogP contribution is -2.27. The van der Waals surface area contributed by atoms with Gasteiger partial charge in [0.15, 0.2) is 0 Å². The Morgan fingerprint density at radius 1 is 1.05 bits per heavy atom. The first kappa shape index (κ1) is 16.3. The number of rotatable bonds is 6. The highest BCUT2D eigenvalue weighted by Gasteiger charge is 2.19. The normalized spacial score (nSPS) is 12.0. The summed E-state index contributed by atoms with van der Waals surface area (Å²) in [6, 6.07) is 16.1. The molecule has 2 aromatic carbocycles. The molecule has 2 aromatic rings. The van der Waals surface area contributed by atoms with E-state index in [9.17, 15) is 8.42 Å². The number of benzene rings is 2. The molecule has 0 atom stereocenters. The summed E-state index contributed by atoms with van der Waals surface area (Å²) in [5.74, 6) is 0.630. The number of hydrogen-bond acceptors (Lipinski definition) is 3. The molecule has 0 bridgehead atoms. The molecule has 116 valence electrons. The van der Waals surface area contributed by atoms with Crippen molar-refractivity contribution in [3.63, 3.8) is 0 Å². The number of ether oxygens (including phenoxy) is 1. The van der Waals surface area contributed by atoms with E-state index in [0.717, 1.165) is 5.56 Å². The maximum absolute atomic E-state index is 12.4. The van der Waals surface area contributed by atoms with Crippen LogP contribution in [0.1, 0.15) is 5.56 Å². The SMILES string of the molecule is COc1ccc(S(=O)(=O)N(C)C/C=C/c2ccccc2)cc1. The predicted octanol–water partition coefficient (Wildman–Crippen LogP) is 3.03. The molecule has 0 aliphatic carbocycles. The topological polar surface area (TPSA) is 46.6 Å². The Hall–Kier alpha value is -2.11. The van der Waals surface area contributed by atoms with Crippen molar-refractivity contribution in [2.45, 2.75) is 4.90 Å². The van der Waals surface area contributed by atoms with Crippen LogP contribution in [0.5, 0.6) is 5.75 Å². The summed E-state index contributed by atoms with van der Waals surface area (Å²) >= 11 is 0. The van der Waals surface area contributed by atoms with Crippen LogP contribution in [0.15, 0.2) is 65.6 Å². The predicted molar refractivity (Wildman–Crippen MR) is 88.3 cm³/mol. The third-order valence-corrected chi connectivity index (χ3v) is 5.08. The molecule has 0 aliphatic rings. The van der Waals surface area contributed by atoms with Gasteiger partial charge in [0, 0.05) is 13.6 Å². The minimum absolute atomic E-state index is 0.254. The van der Waals surface area contributed by atoms with Crippen LogP contribution in [0.2, 0.25) is 0 Å². The Kier molecular flexibility index (Phi) is 5.35. The Balaban J connectivity index is 2.06. The van der Waals surface area contributed by atoms with Crippen LogP contribution in [0.3, 0.4) is 0 Å². The second-order valence-corrected chi connectivity index (χ2v) is 6.82. The van der Waals surface area contributed by atoms with Crippen LogP contribution in [-0.2, 0) is 10.0 Å². The minimum Gasteiger partial charge on any atom is -0.497 e. The fourth-order valence-corrected chi connectivity index (χ4v) is 3.05. The van der Waals surface area contributed by atoms with Gasteiger partial charge in [0.25, 0.3) is 0 Å². The van der Waals surface area contributed by atoms with Gasteiger partial charge in [-0.3, -0.25) is 0 Å². The van der Waals surface area contributed by atoms with E-state index in [1.807, 2.05) is 42.5 Å². The molecule has 0 saturated carbocycles. The fraction of sp³-hybridized carbons (Fsp3) is 0.176. The minimum atomic E-state index is -3.49. The van der Waals surface area contributed by atoms with E-state index < -0.39 is 10.0 Å². The van der Waals surface area contributed by atoms with E-state index in [2.05, 4.69) is 0 Å². The zero-order valence-corrected chi connectivity index (χ0v) is 13.5. The van der Waals surface area contributed by atoms with E-state index in [1.165, 1.54) is 4.31 Å². The molecule has 0 unspecified atom stereocenters. The van der Waals surface area contributed by atoms with Gasteiger partial charge in [-0.1, -0.05) is 42.5 Å². The summed E-state index contributed by atoms with van der Waals surface area (Å²) in [5, 5.41) is 0. The highest BCUT2D eigenvalue weighted by Crippen LogP contribution is 2.18. The molecular weight excluding hydrogens is 298 g/mol. The van der Waals surface area contributed by atoms with Gasteiger partial charge in [0.1, 0.15) is 5.75 Å². The molecule has 0 aromatic heterocycles. The summed E-state index contributed by atoms with van der Waals surface area (Å²) < 4.78 is 31.2. The standard InChI is InChI=1S/C17H19NO3S/c1-18(14-6-9-15-7-4-3-5-8-15)22(19,20)17-12-10-16(21-2)11-13-17/h3-13H,14H2,1-2H3/b9-6+. The molecule has 2 rings (SSSR count). The molecule has 0 heterocycles. The molecule has 5 heteroatoms. The number of nitrogens with zero attached hydrogens (tertiary/aromatic N) is 1. The molecular formula is C17H19NO3S. The van der Waals surface area contributed by atoms with Crippen molar-refractivity contribution in [2.75, 3.05) is 20.7 Å². The number of methoxy groups -OCH3 is 1. The van der Waals surface area contributed by atoms with E-state index in [1.54, 1.807) is 38.4 Å². The molecule has 22 heavy (non-hydrogen) atoms.